The Morgan fingerprint density at radius 2 is 0.606 bits per heavy atom. The highest BCUT2D eigenvalue weighted by Gasteiger charge is 2.29. The standard InChI is InChI=1S/C50H15B15O/c51-34-31(39(56)47(64)49-32(34)33-40(57)45(62)46(63)48(65)50(33)66-49)26-29-27(35(52)41(58)43(60)37(29)54)25(28-30(26)38(55)44(61)42(59)36(28)53)23-14-13-22(19-10-4-5-11-20(19)23)24-15-16-7-1-2-8-17(16)18-9-3-6-12-21(18)24/h1-15H. The van der Waals surface area contributed by atoms with Gasteiger partial charge in [-0.05, 0) is 93.3 Å². The van der Waals surface area contributed by atoms with Gasteiger partial charge in [0, 0.05) is 10.8 Å². The van der Waals surface area contributed by atoms with E-state index in [0.29, 0.717) is 21.9 Å². The van der Waals surface area contributed by atoms with E-state index in [1.807, 2.05) is 48.5 Å². The molecule has 0 saturated carbocycles. The zero-order chi connectivity index (χ0) is 46.5. The quantitative estimate of drug-likeness (QED) is 0.102. The summed E-state index contributed by atoms with van der Waals surface area (Å²) in [5.41, 5.74) is 4.08. The number of furan rings is 1. The Bertz CT molecular complexity index is 3980. The fraction of sp³-hybridized carbons (Fsp3) is 0. The van der Waals surface area contributed by atoms with Crippen LogP contribution in [0.2, 0.25) is 0 Å². The van der Waals surface area contributed by atoms with Gasteiger partial charge in [-0.1, -0.05) is 134 Å². The molecule has 0 aliphatic carbocycles. The lowest BCUT2D eigenvalue weighted by Crippen LogP contribution is -2.50. The molecule has 30 radical (unpaired) electrons. The highest BCUT2D eigenvalue weighted by molar-refractivity contribution is 6.73. The van der Waals surface area contributed by atoms with Crippen LogP contribution >= 0.6 is 0 Å². The fourth-order valence-corrected chi connectivity index (χ4v) is 10.2. The summed E-state index contributed by atoms with van der Waals surface area (Å²) >= 11 is 0. The van der Waals surface area contributed by atoms with Crippen LogP contribution in [0.4, 0.5) is 0 Å². The Hall–Kier alpha value is -5.73. The van der Waals surface area contributed by atoms with Gasteiger partial charge in [0.1, 0.15) is 129 Å². The smallest absolute Gasteiger partial charge is 0.127 e. The Morgan fingerprint density at radius 3 is 1.14 bits per heavy atom. The normalized spacial score (nSPS) is 11.9. The topological polar surface area (TPSA) is 13.1 Å². The second kappa shape index (κ2) is 15.1. The Labute approximate surface area is 401 Å². The van der Waals surface area contributed by atoms with Crippen LogP contribution < -0.4 is 81.9 Å². The summed E-state index contributed by atoms with van der Waals surface area (Å²) in [4.78, 5) is 0. The van der Waals surface area contributed by atoms with Crippen LogP contribution in [0.25, 0.3) is 109 Å². The predicted octanol–water partition coefficient (Wildman–Crippen LogP) is -3.74. The SMILES string of the molecule is [B]c1c([B])c([B])c2c(oc3c([B])c([B])c(-c4c5c([B])c([B])c([B])c([B])c5c(-c5ccc(-c6cc7ccccc7c7ccccc67)c6ccccc56)c5c([B])c([B])c([B])c([B])c45)c([B])c32)c1[B]. The number of fused-ring (bicyclic) bond motifs is 9. The summed E-state index contributed by atoms with van der Waals surface area (Å²) in [6, 6.07) is 31.0. The third-order valence-corrected chi connectivity index (χ3v) is 13.5. The summed E-state index contributed by atoms with van der Waals surface area (Å²) in [6.45, 7) is 0. The Kier molecular flexibility index (Phi) is 9.84. The van der Waals surface area contributed by atoms with Gasteiger partial charge < -0.3 is 4.42 Å². The van der Waals surface area contributed by atoms with Crippen molar-refractivity contribution in [1.29, 1.82) is 0 Å². The highest BCUT2D eigenvalue weighted by Crippen LogP contribution is 2.45. The summed E-state index contributed by atoms with van der Waals surface area (Å²) in [6.07, 6.45) is 0. The molecule has 0 aliphatic heterocycles. The first-order valence-electron chi connectivity index (χ1n) is 20.7. The monoisotopic (exact) mass is 796 g/mol. The van der Waals surface area contributed by atoms with Crippen LogP contribution in [0.15, 0.2) is 95.4 Å². The number of rotatable bonds is 3. The molecule has 1 nitrogen and oxygen atoms in total. The Morgan fingerprint density at radius 1 is 0.242 bits per heavy atom. The van der Waals surface area contributed by atoms with E-state index in [2.05, 4.69) is 42.5 Å². The lowest BCUT2D eigenvalue weighted by atomic mass is 9.58. The first-order valence-corrected chi connectivity index (χ1v) is 20.7. The van der Waals surface area contributed by atoms with Crippen molar-refractivity contribution in [2.45, 2.75) is 0 Å². The van der Waals surface area contributed by atoms with E-state index in [1.54, 1.807) is 0 Å². The summed E-state index contributed by atoms with van der Waals surface area (Å²) < 4.78 is 6.23. The van der Waals surface area contributed by atoms with E-state index >= 15 is 0 Å². The van der Waals surface area contributed by atoms with Crippen LogP contribution in [0.5, 0.6) is 0 Å². The molecule has 10 aromatic carbocycles. The molecule has 11 aromatic rings. The van der Waals surface area contributed by atoms with Gasteiger partial charge in [-0.15, -0.1) is 32.8 Å². The van der Waals surface area contributed by atoms with E-state index in [-0.39, 0.29) is 126 Å². The predicted molar refractivity (Wildman–Crippen MR) is 298 cm³/mol. The molecule has 0 spiro atoms. The molecule has 0 atom stereocenters. The average molecular weight is 794 g/mol. The molecule has 11 rings (SSSR count). The lowest BCUT2D eigenvalue weighted by Gasteiger charge is -2.30. The lowest BCUT2D eigenvalue weighted by molar-refractivity contribution is 0.675. The second-order valence-corrected chi connectivity index (χ2v) is 16.7. The van der Waals surface area contributed by atoms with Crippen LogP contribution in [0.1, 0.15) is 0 Å². The second-order valence-electron chi connectivity index (χ2n) is 16.7. The molecule has 266 valence electrons. The van der Waals surface area contributed by atoms with Crippen molar-refractivity contribution >= 4 is 275 Å². The molecule has 16 heteroatoms. The van der Waals surface area contributed by atoms with Gasteiger partial charge in [-0.3, -0.25) is 0 Å². The molecule has 0 N–H and O–H groups in total. The Balaban J connectivity index is 1.36. The average Bonchev–Trinajstić information content (AvgIpc) is 3.75. The maximum absolute atomic E-state index is 7.28. The number of hydrogen-bond acceptors (Lipinski definition) is 1. The molecule has 0 bridgehead atoms. The summed E-state index contributed by atoms with van der Waals surface area (Å²) in [5.74, 6) is 0. The van der Waals surface area contributed by atoms with Crippen LogP contribution in [-0.2, 0) is 0 Å². The maximum atomic E-state index is 7.28. The minimum Gasteiger partial charge on any atom is -0.457 e. The van der Waals surface area contributed by atoms with Crippen molar-refractivity contribution in [3.63, 3.8) is 0 Å². The van der Waals surface area contributed by atoms with E-state index in [0.717, 1.165) is 43.4 Å². The van der Waals surface area contributed by atoms with Crippen molar-refractivity contribution in [3.8, 4) is 33.4 Å². The van der Waals surface area contributed by atoms with Crippen molar-refractivity contribution in [3.05, 3.63) is 91.0 Å². The van der Waals surface area contributed by atoms with E-state index < -0.39 is 0 Å². The van der Waals surface area contributed by atoms with Gasteiger partial charge in [-0.2, -0.15) is 0 Å². The zero-order valence-corrected chi connectivity index (χ0v) is 35.2. The molecular weight excluding hydrogens is 779 g/mol. The van der Waals surface area contributed by atoms with Gasteiger partial charge in [0.05, 0.1) is 0 Å². The van der Waals surface area contributed by atoms with Crippen molar-refractivity contribution < 1.29 is 4.42 Å². The molecule has 0 aliphatic rings. The summed E-state index contributed by atoms with van der Waals surface area (Å²) in [7, 11) is 103. The minimum absolute atomic E-state index is 0.00915. The number of benzene rings is 10. The van der Waals surface area contributed by atoms with Crippen LogP contribution in [0, 0.1) is 0 Å². The maximum Gasteiger partial charge on any atom is 0.127 e. The van der Waals surface area contributed by atoms with E-state index in [4.69, 9.17) is 122 Å². The molecule has 0 amide bonds. The van der Waals surface area contributed by atoms with Crippen molar-refractivity contribution in [2.75, 3.05) is 0 Å². The third-order valence-electron chi connectivity index (χ3n) is 13.5. The molecule has 66 heavy (non-hydrogen) atoms. The van der Waals surface area contributed by atoms with Crippen molar-refractivity contribution in [2.24, 2.45) is 0 Å². The minimum atomic E-state index is -0.0355. The van der Waals surface area contributed by atoms with Gasteiger partial charge >= 0.3 is 0 Å². The highest BCUT2D eigenvalue weighted by atomic mass is 16.3. The fourth-order valence-electron chi connectivity index (χ4n) is 10.2. The first-order chi connectivity index (χ1) is 31.6. The molecular formula is C50H15B15O. The van der Waals surface area contributed by atoms with Crippen LogP contribution in [-0.4, -0.2) is 118 Å². The van der Waals surface area contributed by atoms with Gasteiger partial charge in [0.15, 0.2) is 0 Å². The molecule has 0 saturated heterocycles. The number of hydrogen-bond donors (Lipinski definition) is 0. The first kappa shape index (κ1) is 42.9. The molecule has 0 fully saturated rings. The van der Waals surface area contributed by atoms with Gasteiger partial charge in [0.25, 0.3) is 0 Å². The molecule has 0 unspecified atom stereocenters. The van der Waals surface area contributed by atoms with Crippen molar-refractivity contribution in [1.82, 2.24) is 0 Å². The summed E-state index contributed by atoms with van der Waals surface area (Å²) in [5, 5.41) is 7.92. The van der Waals surface area contributed by atoms with E-state index in [1.165, 1.54) is 0 Å². The largest absolute Gasteiger partial charge is 0.457 e. The van der Waals surface area contributed by atoms with Gasteiger partial charge in [0.2, 0.25) is 0 Å². The van der Waals surface area contributed by atoms with Gasteiger partial charge in [-0.25, -0.2) is 0 Å². The van der Waals surface area contributed by atoms with E-state index in [9.17, 15) is 0 Å². The zero-order valence-electron chi connectivity index (χ0n) is 35.2. The van der Waals surface area contributed by atoms with Crippen LogP contribution in [0.3, 0.4) is 0 Å². The molecule has 1 heterocycles. The molecule has 1 aromatic heterocycles. The third kappa shape index (κ3) is 5.63.